The van der Waals surface area contributed by atoms with E-state index < -0.39 is 24.0 Å². The fourth-order valence-corrected chi connectivity index (χ4v) is 20.5. The second kappa shape index (κ2) is 12.3. The first kappa shape index (κ1) is 26.4. The van der Waals surface area contributed by atoms with Crippen molar-refractivity contribution in [1.82, 2.24) is 15.0 Å². The Kier molecular flexibility index (Phi) is 11.2. The number of aromatic nitrogens is 3. The zero-order valence-corrected chi connectivity index (χ0v) is 23.2. The second-order valence-corrected chi connectivity index (χ2v) is 22.6. The van der Waals surface area contributed by atoms with E-state index in [1.807, 2.05) is 25.5 Å². The molecule has 1 aromatic heterocycles. The molecule has 0 amide bonds. The molecule has 1 aromatic rings. The molecule has 0 aliphatic carbocycles. The van der Waals surface area contributed by atoms with Crippen molar-refractivity contribution in [2.45, 2.75) is 125 Å². The number of unbranched alkanes of at least 4 members (excludes halogenated alkanes) is 3. The zero-order chi connectivity index (χ0) is 22.1. The van der Waals surface area contributed by atoms with Crippen LogP contribution in [0.2, 0.25) is 13.3 Å². The van der Waals surface area contributed by atoms with Gasteiger partial charge in [-0.25, -0.2) is 0 Å². The second-order valence-electron chi connectivity index (χ2n) is 9.70. The van der Waals surface area contributed by atoms with E-state index in [1.165, 1.54) is 61.2 Å². The van der Waals surface area contributed by atoms with E-state index in [0.717, 1.165) is 0 Å². The fraction of sp³-hybridized carbons (Fsp3) is 0.870. The van der Waals surface area contributed by atoms with Gasteiger partial charge in [-0.15, -0.1) is 0 Å². The summed E-state index contributed by atoms with van der Waals surface area (Å²) in [5.74, 6) is -0.167. The molecule has 1 rings (SSSR count). The van der Waals surface area contributed by atoms with Crippen LogP contribution in [0.5, 0.6) is 0 Å². The fourth-order valence-electron chi connectivity index (χ4n) is 4.24. The maximum absolute atomic E-state index is 12.3. The minimum absolute atomic E-state index is 0.0291. The van der Waals surface area contributed by atoms with Crippen molar-refractivity contribution in [2.24, 2.45) is 0 Å². The number of carbonyl (C=O) groups excluding carboxylic acids is 1. The van der Waals surface area contributed by atoms with Crippen LogP contribution in [0.3, 0.4) is 0 Å². The first-order valence-corrected chi connectivity index (χ1v) is 19.2. The number of hydrogen-bond donors (Lipinski definition) is 0. The molecule has 0 bridgehead atoms. The van der Waals surface area contributed by atoms with Gasteiger partial charge in [-0.1, -0.05) is 0 Å². The SMILES string of the molecule is CCC[CH2][Sn]([CH2]CCC)([CH2]CCC)[c]1nnn([C@@H](C)CC(=O)OC(C)(C)C)c1C. The van der Waals surface area contributed by atoms with Gasteiger partial charge >= 0.3 is 184 Å². The molecule has 1 heterocycles. The number of carbonyl (C=O) groups is 1. The van der Waals surface area contributed by atoms with Crippen molar-refractivity contribution in [1.29, 1.82) is 0 Å². The first-order valence-electron chi connectivity index (χ1n) is 11.7. The van der Waals surface area contributed by atoms with Crippen LogP contribution < -0.4 is 3.71 Å². The van der Waals surface area contributed by atoms with Gasteiger partial charge in [0.1, 0.15) is 0 Å². The van der Waals surface area contributed by atoms with E-state index in [4.69, 9.17) is 9.84 Å². The predicted molar refractivity (Wildman–Crippen MR) is 124 cm³/mol. The summed E-state index contributed by atoms with van der Waals surface area (Å²) >= 11 is -2.61. The van der Waals surface area contributed by atoms with Crippen LogP contribution >= 0.6 is 0 Å². The third kappa shape index (κ3) is 8.22. The van der Waals surface area contributed by atoms with Gasteiger partial charge in [-0.2, -0.15) is 0 Å². The Labute approximate surface area is 183 Å². The number of ether oxygens (including phenoxy) is 1. The standard InChI is InChI=1S/C11H18N3O2.3C4H9.Sn/c1-8(14-9(2)7-12-13-14)6-10(15)16-11(3,4)5;3*1-3-4-2;/h8H,6H2,1-5H3;3*1,3-4H2,2H3;/t8-;;;;/m0..../s1. The molecule has 29 heavy (non-hydrogen) atoms. The quantitative estimate of drug-likeness (QED) is 0.242. The van der Waals surface area contributed by atoms with E-state index in [1.54, 1.807) is 0 Å². The zero-order valence-electron chi connectivity index (χ0n) is 20.3. The van der Waals surface area contributed by atoms with Crippen LogP contribution in [0.4, 0.5) is 0 Å². The van der Waals surface area contributed by atoms with E-state index in [9.17, 15) is 4.79 Å². The molecule has 5 nitrogen and oxygen atoms in total. The van der Waals surface area contributed by atoms with Gasteiger partial charge in [-0.3, -0.25) is 0 Å². The predicted octanol–water partition coefficient (Wildman–Crippen LogP) is 5.94. The average Bonchev–Trinajstić information content (AvgIpc) is 3.02. The molecule has 1 atom stereocenters. The molecule has 0 spiro atoms. The van der Waals surface area contributed by atoms with E-state index in [2.05, 4.69) is 39.8 Å². The molecule has 0 aliphatic rings. The van der Waals surface area contributed by atoms with E-state index in [-0.39, 0.29) is 12.0 Å². The molecule has 0 N–H and O–H groups in total. The first-order chi connectivity index (χ1) is 13.6. The molecule has 0 saturated heterocycles. The topological polar surface area (TPSA) is 57.0 Å². The summed E-state index contributed by atoms with van der Waals surface area (Å²) in [6.07, 6.45) is 8.01. The van der Waals surface area contributed by atoms with Crippen LogP contribution in [0.25, 0.3) is 0 Å². The number of esters is 1. The average molecular weight is 514 g/mol. The summed E-state index contributed by atoms with van der Waals surface area (Å²) < 4.78 is 13.0. The minimum atomic E-state index is -2.61. The van der Waals surface area contributed by atoms with Crippen LogP contribution in [-0.2, 0) is 9.53 Å². The maximum atomic E-state index is 12.3. The molecule has 0 saturated carbocycles. The molecule has 0 fully saturated rings. The van der Waals surface area contributed by atoms with Crippen molar-refractivity contribution in [3.05, 3.63) is 5.69 Å². The molecule has 0 unspecified atom stereocenters. The summed E-state index contributed by atoms with van der Waals surface area (Å²) in [6, 6.07) is -0.0291. The summed E-state index contributed by atoms with van der Waals surface area (Å²) in [6.45, 7) is 16.8. The van der Waals surface area contributed by atoms with E-state index >= 15 is 0 Å². The van der Waals surface area contributed by atoms with Gasteiger partial charge in [0.25, 0.3) is 0 Å². The van der Waals surface area contributed by atoms with Gasteiger partial charge in [0.05, 0.1) is 0 Å². The van der Waals surface area contributed by atoms with Gasteiger partial charge in [-0.05, 0) is 0 Å². The van der Waals surface area contributed by atoms with Gasteiger partial charge in [0, 0.05) is 0 Å². The van der Waals surface area contributed by atoms with Crippen molar-refractivity contribution in [3.8, 4) is 0 Å². The van der Waals surface area contributed by atoms with Crippen molar-refractivity contribution >= 4 is 28.1 Å². The van der Waals surface area contributed by atoms with Gasteiger partial charge < -0.3 is 0 Å². The third-order valence-electron chi connectivity index (χ3n) is 5.76. The summed E-state index contributed by atoms with van der Waals surface area (Å²) in [5, 5.41) is 9.37. The van der Waals surface area contributed by atoms with Crippen LogP contribution in [0, 0.1) is 6.92 Å². The summed E-state index contributed by atoms with van der Waals surface area (Å²) in [5.41, 5.74) is 0.756. The normalized spacial score (nSPS) is 13.5. The Morgan fingerprint density at radius 2 is 1.52 bits per heavy atom. The number of nitrogens with zero attached hydrogens (tertiary/aromatic N) is 3. The van der Waals surface area contributed by atoms with Crippen molar-refractivity contribution in [2.75, 3.05) is 0 Å². The molecule has 0 aliphatic heterocycles. The Balaban J connectivity index is 3.15. The van der Waals surface area contributed by atoms with E-state index in [0.29, 0.717) is 6.42 Å². The molecule has 0 aromatic carbocycles. The Morgan fingerprint density at radius 3 is 1.93 bits per heavy atom. The Morgan fingerprint density at radius 1 is 1.03 bits per heavy atom. The molecule has 0 radical (unpaired) electrons. The Hall–Kier alpha value is -0.591. The molecule has 168 valence electrons. The van der Waals surface area contributed by atoms with Crippen LogP contribution in [0.15, 0.2) is 0 Å². The monoisotopic (exact) mass is 515 g/mol. The van der Waals surface area contributed by atoms with Crippen LogP contribution in [-0.4, -0.2) is 44.9 Å². The van der Waals surface area contributed by atoms with Crippen LogP contribution in [0.1, 0.15) is 105 Å². The summed E-state index contributed by atoms with van der Waals surface area (Å²) in [7, 11) is 0. The van der Waals surface area contributed by atoms with Gasteiger partial charge in [0.2, 0.25) is 0 Å². The molecular formula is C23H45N3O2Sn. The van der Waals surface area contributed by atoms with Gasteiger partial charge in [0.15, 0.2) is 0 Å². The van der Waals surface area contributed by atoms with Crippen molar-refractivity contribution in [3.63, 3.8) is 0 Å². The summed E-state index contributed by atoms with van der Waals surface area (Å²) in [4.78, 5) is 12.3. The number of hydrogen-bond acceptors (Lipinski definition) is 4. The number of rotatable bonds is 13. The Bertz CT molecular complexity index is 600. The third-order valence-corrected chi connectivity index (χ3v) is 21.2. The molecular weight excluding hydrogens is 469 g/mol. The molecule has 6 heteroatoms. The van der Waals surface area contributed by atoms with Crippen molar-refractivity contribution < 1.29 is 9.53 Å².